The largest absolute Gasteiger partial charge is 0.493 e. The summed E-state index contributed by atoms with van der Waals surface area (Å²) in [6.45, 7) is 5.34. The quantitative estimate of drug-likeness (QED) is 0.212. The van der Waals surface area contributed by atoms with Crippen LogP contribution in [-0.2, 0) is 12.8 Å². The normalized spacial score (nSPS) is 18.0. The van der Waals surface area contributed by atoms with Crippen LogP contribution in [0.3, 0.4) is 0 Å². The van der Waals surface area contributed by atoms with Gasteiger partial charge in [-0.1, -0.05) is 90.2 Å². The van der Waals surface area contributed by atoms with E-state index in [2.05, 4.69) is 50.5 Å². The van der Waals surface area contributed by atoms with E-state index in [4.69, 9.17) is 14.7 Å². The van der Waals surface area contributed by atoms with Crippen molar-refractivity contribution in [2.75, 3.05) is 6.61 Å². The van der Waals surface area contributed by atoms with Crippen LogP contribution in [0.2, 0.25) is 0 Å². The number of rotatable bonds is 17. The van der Waals surface area contributed by atoms with E-state index in [0.717, 1.165) is 31.0 Å². The van der Waals surface area contributed by atoms with E-state index in [1.165, 1.54) is 107 Å². The Balaban J connectivity index is 1.26. The van der Waals surface area contributed by atoms with Gasteiger partial charge in [0, 0.05) is 18.3 Å². The molecule has 3 nitrogen and oxygen atoms in total. The maximum Gasteiger partial charge on any atom is 0.131 e. The third-order valence-electron chi connectivity index (χ3n) is 7.70. The van der Waals surface area contributed by atoms with E-state index < -0.39 is 0 Å². The second-order valence-electron chi connectivity index (χ2n) is 10.8. The first kappa shape index (κ1) is 27.7. The van der Waals surface area contributed by atoms with E-state index in [-0.39, 0.29) is 0 Å². The lowest BCUT2D eigenvalue weighted by Crippen LogP contribution is -2.20. The summed E-state index contributed by atoms with van der Waals surface area (Å²) in [4.78, 5) is 9.53. The summed E-state index contributed by atoms with van der Waals surface area (Å²) in [5, 5.41) is 0. The Morgan fingerprint density at radius 1 is 0.657 bits per heavy atom. The molecule has 0 radical (unpaired) electrons. The molecule has 0 amide bonds. The number of ether oxygens (including phenoxy) is 1. The Bertz CT molecular complexity index is 778. The minimum atomic E-state index is 0.519. The standard InChI is InChI=1S/C32H50N2O/c1-3-5-6-7-8-9-10-11-12-13-15-29-24-33-32(34-25-29)30-20-16-28(17-21-30)26-35-31-22-18-27(14-4-2)19-23-31/h18-19,22-25,28,30H,3-17,20-21,26H2,1-2H3. The van der Waals surface area contributed by atoms with Gasteiger partial charge >= 0.3 is 0 Å². The van der Waals surface area contributed by atoms with Crippen LogP contribution in [0.1, 0.15) is 133 Å². The molecule has 0 bridgehead atoms. The van der Waals surface area contributed by atoms with Gasteiger partial charge in [-0.2, -0.15) is 0 Å². The van der Waals surface area contributed by atoms with Crippen LogP contribution < -0.4 is 4.74 Å². The predicted octanol–water partition coefficient (Wildman–Crippen LogP) is 9.25. The number of hydrogen-bond acceptors (Lipinski definition) is 3. The van der Waals surface area contributed by atoms with Crippen molar-refractivity contribution in [3.05, 3.63) is 53.6 Å². The first-order chi connectivity index (χ1) is 17.3. The summed E-state index contributed by atoms with van der Waals surface area (Å²) in [5.74, 6) is 3.24. The molecule has 1 heterocycles. The highest BCUT2D eigenvalue weighted by molar-refractivity contribution is 5.27. The molecule has 0 spiro atoms. The fourth-order valence-electron chi connectivity index (χ4n) is 5.36. The summed E-state index contributed by atoms with van der Waals surface area (Å²) in [6, 6.07) is 8.66. The molecule has 0 N–H and O–H groups in total. The topological polar surface area (TPSA) is 35.0 Å². The smallest absolute Gasteiger partial charge is 0.131 e. The summed E-state index contributed by atoms with van der Waals surface area (Å²) in [7, 11) is 0. The van der Waals surface area contributed by atoms with Crippen LogP contribution >= 0.6 is 0 Å². The first-order valence-electron chi connectivity index (χ1n) is 14.8. The Morgan fingerprint density at radius 3 is 1.86 bits per heavy atom. The highest BCUT2D eigenvalue weighted by Gasteiger charge is 2.24. The molecule has 0 aliphatic heterocycles. The van der Waals surface area contributed by atoms with Gasteiger partial charge in [0.1, 0.15) is 11.6 Å². The van der Waals surface area contributed by atoms with E-state index in [9.17, 15) is 0 Å². The third-order valence-corrected chi connectivity index (χ3v) is 7.70. The van der Waals surface area contributed by atoms with Gasteiger partial charge < -0.3 is 4.74 Å². The van der Waals surface area contributed by atoms with Gasteiger partial charge in [-0.05, 0) is 74.1 Å². The Hall–Kier alpha value is -1.90. The Morgan fingerprint density at radius 2 is 1.26 bits per heavy atom. The lowest BCUT2D eigenvalue weighted by atomic mass is 9.82. The molecule has 1 aliphatic rings. The van der Waals surface area contributed by atoms with E-state index in [0.29, 0.717) is 11.8 Å². The number of unbranched alkanes of at least 4 members (excludes halogenated alkanes) is 9. The van der Waals surface area contributed by atoms with Gasteiger partial charge in [-0.25, -0.2) is 9.97 Å². The Labute approximate surface area is 215 Å². The minimum Gasteiger partial charge on any atom is -0.493 e. The van der Waals surface area contributed by atoms with Crippen molar-refractivity contribution in [3.63, 3.8) is 0 Å². The zero-order chi connectivity index (χ0) is 24.6. The molecular weight excluding hydrogens is 428 g/mol. The lowest BCUT2D eigenvalue weighted by molar-refractivity contribution is 0.198. The highest BCUT2D eigenvalue weighted by Crippen LogP contribution is 2.34. The SMILES string of the molecule is CCCCCCCCCCCCc1cnc(C2CCC(COc3ccc(CCC)cc3)CC2)nc1. The van der Waals surface area contributed by atoms with Crippen LogP contribution in [0, 0.1) is 5.92 Å². The average molecular weight is 479 g/mol. The summed E-state index contributed by atoms with van der Waals surface area (Å²) >= 11 is 0. The molecule has 35 heavy (non-hydrogen) atoms. The van der Waals surface area contributed by atoms with Crippen molar-refractivity contribution in [1.29, 1.82) is 0 Å². The fraction of sp³-hybridized carbons (Fsp3) is 0.688. The molecule has 1 aromatic carbocycles. The number of nitrogens with zero attached hydrogens (tertiary/aromatic N) is 2. The number of benzene rings is 1. The van der Waals surface area contributed by atoms with Gasteiger partial charge in [0.05, 0.1) is 6.61 Å². The zero-order valence-electron chi connectivity index (χ0n) is 22.6. The molecule has 1 aromatic heterocycles. The average Bonchev–Trinajstić information content (AvgIpc) is 2.90. The van der Waals surface area contributed by atoms with Gasteiger partial charge in [0.15, 0.2) is 0 Å². The molecule has 2 aromatic rings. The molecular formula is C32H50N2O. The van der Waals surface area contributed by atoms with Gasteiger partial charge in [-0.3, -0.25) is 0 Å². The molecule has 0 saturated heterocycles. The molecule has 0 unspecified atom stereocenters. The highest BCUT2D eigenvalue weighted by atomic mass is 16.5. The van der Waals surface area contributed by atoms with Crippen LogP contribution in [0.15, 0.2) is 36.7 Å². The van der Waals surface area contributed by atoms with Gasteiger partial charge in [-0.15, -0.1) is 0 Å². The molecule has 1 saturated carbocycles. The predicted molar refractivity (Wildman–Crippen MR) is 148 cm³/mol. The summed E-state index contributed by atoms with van der Waals surface area (Å²) in [5.41, 5.74) is 2.70. The van der Waals surface area contributed by atoms with Crippen LogP contribution in [0.4, 0.5) is 0 Å². The maximum absolute atomic E-state index is 6.09. The molecule has 3 rings (SSSR count). The van der Waals surface area contributed by atoms with Crippen molar-refractivity contribution in [3.8, 4) is 5.75 Å². The summed E-state index contributed by atoms with van der Waals surface area (Å²) < 4.78 is 6.09. The zero-order valence-corrected chi connectivity index (χ0v) is 22.6. The Kier molecular flexibility index (Phi) is 13.2. The molecule has 1 fully saturated rings. The number of aromatic nitrogens is 2. The fourth-order valence-corrected chi connectivity index (χ4v) is 5.36. The second-order valence-corrected chi connectivity index (χ2v) is 10.8. The van der Waals surface area contributed by atoms with Crippen molar-refractivity contribution in [1.82, 2.24) is 9.97 Å². The third kappa shape index (κ3) is 10.7. The van der Waals surface area contributed by atoms with Crippen LogP contribution in [-0.4, -0.2) is 16.6 Å². The molecule has 3 heteroatoms. The van der Waals surface area contributed by atoms with Crippen LogP contribution in [0.5, 0.6) is 5.75 Å². The van der Waals surface area contributed by atoms with Gasteiger partial charge in [0.2, 0.25) is 0 Å². The molecule has 0 atom stereocenters. The summed E-state index contributed by atoms with van der Waals surface area (Å²) in [6.07, 6.45) is 26.3. The van der Waals surface area contributed by atoms with Crippen molar-refractivity contribution in [2.24, 2.45) is 5.92 Å². The number of hydrogen-bond donors (Lipinski definition) is 0. The first-order valence-corrected chi connectivity index (χ1v) is 14.8. The second kappa shape index (κ2) is 16.7. The van der Waals surface area contributed by atoms with Crippen molar-refractivity contribution >= 4 is 0 Å². The van der Waals surface area contributed by atoms with Crippen molar-refractivity contribution < 1.29 is 4.74 Å². The minimum absolute atomic E-state index is 0.519. The van der Waals surface area contributed by atoms with E-state index in [1.54, 1.807) is 0 Å². The van der Waals surface area contributed by atoms with Crippen molar-refractivity contribution in [2.45, 2.75) is 129 Å². The molecule has 1 aliphatic carbocycles. The lowest BCUT2D eigenvalue weighted by Gasteiger charge is -2.27. The maximum atomic E-state index is 6.09. The van der Waals surface area contributed by atoms with E-state index in [1.807, 2.05) is 0 Å². The van der Waals surface area contributed by atoms with E-state index >= 15 is 0 Å². The molecule has 194 valence electrons. The van der Waals surface area contributed by atoms with Crippen LogP contribution in [0.25, 0.3) is 0 Å². The monoisotopic (exact) mass is 478 g/mol. The van der Waals surface area contributed by atoms with Gasteiger partial charge in [0.25, 0.3) is 0 Å². The number of aryl methyl sites for hydroxylation is 2.